The molecular formula is C24H19Cl3N2O3. The molecule has 32 heavy (non-hydrogen) atoms. The maximum absolute atomic E-state index is 12.5. The molecule has 0 unspecified atom stereocenters. The molecule has 1 heterocycles. The molecule has 0 atom stereocenters. The van der Waals surface area contributed by atoms with Crippen LogP contribution in [0.15, 0.2) is 46.9 Å². The zero-order chi connectivity index (χ0) is 23.0. The van der Waals surface area contributed by atoms with E-state index < -0.39 is 0 Å². The predicted octanol–water partition coefficient (Wildman–Crippen LogP) is 7.40. The summed E-state index contributed by atoms with van der Waals surface area (Å²) in [6, 6.07) is 13.1. The van der Waals surface area contributed by atoms with Gasteiger partial charge in [0.1, 0.15) is 5.52 Å². The van der Waals surface area contributed by atoms with E-state index in [0.717, 1.165) is 11.1 Å². The van der Waals surface area contributed by atoms with Crippen LogP contribution in [-0.4, -0.2) is 17.5 Å². The first-order valence-electron chi connectivity index (χ1n) is 9.79. The van der Waals surface area contributed by atoms with Crippen molar-refractivity contribution in [2.45, 2.75) is 20.8 Å². The Morgan fingerprint density at radius 3 is 2.38 bits per heavy atom. The Morgan fingerprint density at radius 2 is 1.69 bits per heavy atom. The van der Waals surface area contributed by atoms with Crippen LogP contribution in [0.4, 0.5) is 5.69 Å². The number of nitrogens with one attached hydrogen (secondary N) is 1. The lowest BCUT2D eigenvalue weighted by molar-refractivity contribution is -0.118. The van der Waals surface area contributed by atoms with Gasteiger partial charge in [0.25, 0.3) is 5.91 Å². The third kappa shape index (κ3) is 4.29. The van der Waals surface area contributed by atoms with Crippen LogP contribution in [0.2, 0.25) is 15.1 Å². The number of aromatic nitrogens is 1. The molecule has 0 saturated heterocycles. The molecule has 3 aromatic carbocycles. The Balaban J connectivity index is 1.49. The van der Waals surface area contributed by atoms with Crippen molar-refractivity contribution in [3.8, 4) is 17.2 Å². The molecule has 0 bridgehead atoms. The van der Waals surface area contributed by atoms with Crippen LogP contribution in [0.25, 0.3) is 22.6 Å². The number of fused-ring (bicyclic) bond motifs is 1. The fourth-order valence-corrected chi connectivity index (χ4v) is 4.13. The summed E-state index contributed by atoms with van der Waals surface area (Å²) in [6.45, 7) is 5.25. The van der Waals surface area contributed by atoms with Crippen molar-refractivity contribution in [1.82, 2.24) is 4.98 Å². The first kappa shape index (κ1) is 22.5. The fourth-order valence-electron chi connectivity index (χ4n) is 3.31. The Kier molecular flexibility index (Phi) is 6.33. The van der Waals surface area contributed by atoms with E-state index in [0.29, 0.717) is 38.8 Å². The zero-order valence-electron chi connectivity index (χ0n) is 17.6. The van der Waals surface area contributed by atoms with Gasteiger partial charge >= 0.3 is 0 Å². The lowest BCUT2D eigenvalue weighted by atomic mass is 10.1. The minimum atomic E-state index is -0.371. The number of halogens is 3. The van der Waals surface area contributed by atoms with Crippen molar-refractivity contribution in [2.24, 2.45) is 0 Å². The van der Waals surface area contributed by atoms with Crippen molar-refractivity contribution in [2.75, 3.05) is 11.9 Å². The number of nitrogens with zero attached hydrogens (tertiary/aromatic N) is 1. The van der Waals surface area contributed by atoms with Gasteiger partial charge in [-0.25, -0.2) is 4.98 Å². The lowest BCUT2D eigenvalue weighted by Gasteiger charge is -2.15. The Morgan fingerprint density at radius 1 is 1.00 bits per heavy atom. The summed E-state index contributed by atoms with van der Waals surface area (Å²) < 4.78 is 11.5. The molecule has 0 radical (unpaired) electrons. The van der Waals surface area contributed by atoms with E-state index in [1.165, 1.54) is 0 Å². The van der Waals surface area contributed by atoms with Crippen molar-refractivity contribution < 1.29 is 13.9 Å². The van der Waals surface area contributed by atoms with Gasteiger partial charge in [-0.15, -0.1) is 0 Å². The Bertz CT molecular complexity index is 1320. The molecule has 8 heteroatoms. The molecule has 0 spiro atoms. The van der Waals surface area contributed by atoms with Crippen LogP contribution in [0, 0.1) is 20.8 Å². The normalized spacial score (nSPS) is 11.1. The Hall–Kier alpha value is -2.73. The number of amides is 1. The van der Waals surface area contributed by atoms with Crippen LogP contribution < -0.4 is 10.1 Å². The number of anilines is 1. The number of ether oxygens (including phenoxy) is 1. The summed E-state index contributed by atoms with van der Waals surface area (Å²) in [5.74, 6) is 0.393. The smallest absolute Gasteiger partial charge is 0.262 e. The highest BCUT2D eigenvalue weighted by Crippen LogP contribution is 2.42. The molecular weight excluding hydrogens is 471 g/mol. The standard InChI is InChI=1S/C24H19Cl3N2O3/c1-12-6-4-5-7-16(12)24-29-17-10-15(8-9-18(17)32-24)28-19(30)11-31-23-21(26)13(2)20(25)14(3)22(23)27/h4-10H,11H2,1-3H3,(H,28,30). The molecule has 1 N–H and O–H groups in total. The topological polar surface area (TPSA) is 64.4 Å². The molecule has 164 valence electrons. The average Bonchev–Trinajstić information content (AvgIpc) is 3.19. The maximum Gasteiger partial charge on any atom is 0.262 e. The fraction of sp³-hybridized carbons (Fsp3) is 0.167. The molecule has 5 nitrogen and oxygen atoms in total. The van der Waals surface area contributed by atoms with Gasteiger partial charge in [-0.1, -0.05) is 53.0 Å². The first-order chi connectivity index (χ1) is 15.3. The number of hydrogen-bond donors (Lipinski definition) is 1. The minimum absolute atomic E-state index is 0.234. The highest BCUT2D eigenvalue weighted by molar-refractivity contribution is 6.42. The van der Waals surface area contributed by atoms with E-state index >= 15 is 0 Å². The summed E-state index contributed by atoms with van der Waals surface area (Å²) in [5, 5.41) is 3.83. The molecule has 0 aliphatic rings. The van der Waals surface area contributed by atoms with Gasteiger partial charge in [-0.3, -0.25) is 4.79 Å². The molecule has 1 aromatic heterocycles. The van der Waals surface area contributed by atoms with Crippen LogP contribution in [0.1, 0.15) is 16.7 Å². The zero-order valence-corrected chi connectivity index (χ0v) is 19.8. The quantitative estimate of drug-likeness (QED) is 0.317. The molecule has 1 amide bonds. The third-order valence-corrected chi connectivity index (χ3v) is 6.59. The number of aryl methyl sites for hydroxylation is 1. The number of rotatable bonds is 5. The second kappa shape index (κ2) is 9.02. The monoisotopic (exact) mass is 488 g/mol. The van der Waals surface area contributed by atoms with E-state index in [-0.39, 0.29) is 28.3 Å². The van der Waals surface area contributed by atoms with Gasteiger partial charge in [0, 0.05) is 16.3 Å². The van der Waals surface area contributed by atoms with Crippen LogP contribution in [0.3, 0.4) is 0 Å². The lowest BCUT2D eigenvalue weighted by Crippen LogP contribution is -2.20. The van der Waals surface area contributed by atoms with Gasteiger partial charge in [-0.2, -0.15) is 0 Å². The number of hydrogen-bond acceptors (Lipinski definition) is 4. The third-order valence-electron chi connectivity index (χ3n) is 5.11. The number of oxazole rings is 1. The second-order valence-corrected chi connectivity index (χ2v) is 8.51. The van der Waals surface area contributed by atoms with Crippen LogP contribution in [0.5, 0.6) is 5.75 Å². The first-order valence-corrected chi connectivity index (χ1v) is 10.9. The number of benzene rings is 3. The van der Waals surface area contributed by atoms with Crippen molar-refractivity contribution in [3.05, 3.63) is 74.2 Å². The van der Waals surface area contributed by atoms with Crippen molar-refractivity contribution in [3.63, 3.8) is 0 Å². The summed E-state index contributed by atoms with van der Waals surface area (Å²) in [5.41, 5.74) is 5.11. The van der Waals surface area contributed by atoms with Gasteiger partial charge in [0.2, 0.25) is 5.89 Å². The maximum atomic E-state index is 12.5. The molecule has 0 aliphatic heterocycles. The van der Waals surface area contributed by atoms with Gasteiger partial charge < -0.3 is 14.5 Å². The largest absolute Gasteiger partial charge is 0.481 e. The van der Waals surface area contributed by atoms with Gasteiger partial charge in [0.15, 0.2) is 17.9 Å². The van der Waals surface area contributed by atoms with Gasteiger partial charge in [-0.05, 0) is 61.7 Å². The van der Waals surface area contributed by atoms with E-state index in [4.69, 9.17) is 44.0 Å². The van der Waals surface area contributed by atoms with E-state index in [1.54, 1.807) is 32.0 Å². The van der Waals surface area contributed by atoms with Crippen molar-refractivity contribution >= 4 is 57.5 Å². The summed E-state index contributed by atoms with van der Waals surface area (Å²) in [4.78, 5) is 17.0. The number of carbonyl (C=O) groups is 1. The van der Waals surface area contributed by atoms with E-state index in [2.05, 4.69) is 10.3 Å². The molecule has 0 saturated carbocycles. The van der Waals surface area contributed by atoms with E-state index in [9.17, 15) is 4.79 Å². The molecule has 0 fully saturated rings. The molecule has 4 rings (SSSR count). The highest BCUT2D eigenvalue weighted by atomic mass is 35.5. The summed E-state index contributed by atoms with van der Waals surface area (Å²) >= 11 is 18.8. The highest BCUT2D eigenvalue weighted by Gasteiger charge is 2.19. The minimum Gasteiger partial charge on any atom is -0.481 e. The predicted molar refractivity (Wildman–Crippen MR) is 129 cm³/mol. The Labute approximate surface area is 200 Å². The molecule has 0 aliphatic carbocycles. The van der Waals surface area contributed by atoms with Crippen LogP contribution in [-0.2, 0) is 4.79 Å². The van der Waals surface area contributed by atoms with Crippen molar-refractivity contribution in [1.29, 1.82) is 0 Å². The summed E-state index contributed by atoms with van der Waals surface area (Å²) in [6.07, 6.45) is 0. The van der Waals surface area contributed by atoms with E-state index in [1.807, 2.05) is 31.2 Å². The second-order valence-electron chi connectivity index (χ2n) is 7.37. The SMILES string of the molecule is Cc1ccccc1-c1nc2cc(NC(=O)COc3c(Cl)c(C)c(Cl)c(C)c3Cl)ccc2o1. The van der Waals surface area contributed by atoms with Crippen LogP contribution >= 0.6 is 34.8 Å². The average molecular weight is 490 g/mol. The number of carbonyl (C=O) groups excluding carboxylic acids is 1. The van der Waals surface area contributed by atoms with Gasteiger partial charge in [0.05, 0.1) is 10.0 Å². The molecule has 4 aromatic rings. The summed E-state index contributed by atoms with van der Waals surface area (Å²) in [7, 11) is 0.